The van der Waals surface area contributed by atoms with Gasteiger partial charge in [0.1, 0.15) is 16.5 Å². The molecular formula is C14H10N2O3S. The van der Waals surface area contributed by atoms with E-state index in [1.807, 2.05) is 18.2 Å². The van der Waals surface area contributed by atoms with Crippen LogP contribution in [-0.2, 0) is 0 Å². The van der Waals surface area contributed by atoms with E-state index >= 15 is 0 Å². The summed E-state index contributed by atoms with van der Waals surface area (Å²) in [6, 6.07) is 8.90. The van der Waals surface area contributed by atoms with Crippen molar-refractivity contribution >= 4 is 27.5 Å². The van der Waals surface area contributed by atoms with Crippen molar-refractivity contribution in [3.8, 4) is 16.3 Å². The van der Waals surface area contributed by atoms with E-state index in [9.17, 15) is 4.79 Å². The van der Waals surface area contributed by atoms with E-state index < -0.39 is 5.97 Å². The molecule has 20 heavy (non-hydrogen) atoms. The molecule has 0 bridgehead atoms. The second-order valence-electron chi connectivity index (χ2n) is 4.09. The van der Waals surface area contributed by atoms with Gasteiger partial charge in [-0.25, -0.2) is 14.8 Å². The number of thiazole rings is 1. The van der Waals surface area contributed by atoms with Crippen molar-refractivity contribution < 1.29 is 14.6 Å². The minimum absolute atomic E-state index is 0.0246. The molecule has 0 saturated carbocycles. The SMILES string of the molecule is COc1ccc2sc(-c3ccc(C(=O)O)nc3)nc2c1. The van der Waals surface area contributed by atoms with Gasteiger partial charge in [0.05, 0.1) is 17.3 Å². The predicted molar refractivity (Wildman–Crippen MR) is 76.4 cm³/mol. The molecule has 0 saturated heterocycles. The van der Waals surface area contributed by atoms with E-state index in [0.29, 0.717) is 0 Å². The molecule has 0 aliphatic rings. The number of benzene rings is 1. The van der Waals surface area contributed by atoms with Gasteiger partial charge in [0, 0.05) is 17.8 Å². The molecule has 0 unspecified atom stereocenters. The van der Waals surface area contributed by atoms with Crippen LogP contribution >= 0.6 is 11.3 Å². The number of methoxy groups -OCH3 is 1. The standard InChI is InChI=1S/C14H10N2O3S/c1-19-9-3-5-12-11(6-9)16-13(20-12)8-2-4-10(14(17)18)15-7-8/h2-7H,1H3,(H,17,18). The first kappa shape index (κ1) is 12.6. The molecule has 0 radical (unpaired) electrons. The Morgan fingerprint density at radius 2 is 2.15 bits per heavy atom. The fourth-order valence-corrected chi connectivity index (χ4v) is 2.74. The molecule has 5 nitrogen and oxygen atoms in total. The zero-order chi connectivity index (χ0) is 14.1. The van der Waals surface area contributed by atoms with E-state index in [-0.39, 0.29) is 5.69 Å². The second kappa shape index (κ2) is 4.90. The lowest BCUT2D eigenvalue weighted by Crippen LogP contribution is -1.98. The van der Waals surface area contributed by atoms with Gasteiger partial charge in [-0.05, 0) is 24.3 Å². The molecule has 2 heterocycles. The Labute approximate surface area is 118 Å². The average molecular weight is 286 g/mol. The molecule has 1 N–H and O–H groups in total. The minimum atomic E-state index is -1.04. The molecular weight excluding hydrogens is 276 g/mol. The summed E-state index contributed by atoms with van der Waals surface area (Å²) in [4.78, 5) is 19.2. The Morgan fingerprint density at radius 3 is 2.80 bits per heavy atom. The molecule has 0 amide bonds. The van der Waals surface area contributed by atoms with Crippen molar-refractivity contribution in [2.75, 3.05) is 7.11 Å². The summed E-state index contributed by atoms with van der Waals surface area (Å²) in [7, 11) is 1.61. The fraction of sp³-hybridized carbons (Fsp3) is 0.0714. The van der Waals surface area contributed by atoms with Gasteiger partial charge in [-0.15, -0.1) is 11.3 Å². The van der Waals surface area contributed by atoms with Crippen molar-refractivity contribution in [2.45, 2.75) is 0 Å². The third-order valence-corrected chi connectivity index (χ3v) is 3.91. The van der Waals surface area contributed by atoms with Crippen LogP contribution < -0.4 is 4.74 Å². The Bertz CT molecular complexity index is 781. The third kappa shape index (κ3) is 2.21. The Kier molecular flexibility index (Phi) is 3.08. The molecule has 1 aromatic carbocycles. The molecule has 3 aromatic rings. The lowest BCUT2D eigenvalue weighted by molar-refractivity contribution is 0.0690. The Balaban J connectivity index is 2.03. The summed E-state index contributed by atoms with van der Waals surface area (Å²) in [5.74, 6) is -0.278. The number of rotatable bonds is 3. The molecule has 6 heteroatoms. The average Bonchev–Trinajstić information content (AvgIpc) is 2.90. The lowest BCUT2D eigenvalue weighted by atomic mass is 10.2. The summed E-state index contributed by atoms with van der Waals surface area (Å²) >= 11 is 1.53. The van der Waals surface area contributed by atoms with Gasteiger partial charge >= 0.3 is 5.97 Å². The van der Waals surface area contributed by atoms with Crippen molar-refractivity contribution in [1.82, 2.24) is 9.97 Å². The maximum atomic E-state index is 10.8. The number of aromatic nitrogens is 2. The van der Waals surface area contributed by atoms with E-state index in [2.05, 4.69) is 9.97 Å². The summed E-state index contributed by atoms with van der Waals surface area (Å²) in [6.45, 7) is 0. The smallest absolute Gasteiger partial charge is 0.354 e. The van der Waals surface area contributed by atoms with Crippen LogP contribution in [0.3, 0.4) is 0 Å². The number of fused-ring (bicyclic) bond motifs is 1. The van der Waals surface area contributed by atoms with Crippen LogP contribution in [0.5, 0.6) is 5.75 Å². The zero-order valence-corrected chi connectivity index (χ0v) is 11.3. The highest BCUT2D eigenvalue weighted by atomic mass is 32.1. The molecule has 3 rings (SSSR count). The first-order valence-electron chi connectivity index (χ1n) is 5.81. The third-order valence-electron chi connectivity index (χ3n) is 2.82. The van der Waals surface area contributed by atoms with E-state index in [4.69, 9.17) is 9.84 Å². The number of carboxylic acid groups (broad SMARTS) is 1. The number of hydrogen-bond donors (Lipinski definition) is 1. The molecule has 0 spiro atoms. The summed E-state index contributed by atoms with van der Waals surface area (Å²) in [5, 5.41) is 9.63. The fourth-order valence-electron chi connectivity index (χ4n) is 1.80. The summed E-state index contributed by atoms with van der Waals surface area (Å²) < 4.78 is 6.21. The number of hydrogen-bond acceptors (Lipinski definition) is 5. The quantitative estimate of drug-likeness (QED) is 0.801. The maximum Gasteiger partial charge on any atom is 0.354 e. The summed E-state index contributed by atoms with van der Waals surface area (Å²) in [5.41, 5.74) is 1.68. The van der Waals surface area contributed by atoms with Gasteiger partial charge in [-0.3, -0.25) is 0 Å². The molecule has 0 aliphatic heterocycles. The largest absolute Gasteiger partial charge is 0.497 e. The highest BCUT2D eigenvalue weighted by Gasteiger charge is 2.09. The van der Waals surface area contributed by atoms with Crippen molar-refractivity contribution in [1.29, 1.82) is 0 Å². The van der Waals surface area contributed by atoms with Crippen molar-refractivity contribution in [2.24, 2.45) is 0 Å². The number of carboxylic acids is 1. The zero-order valence-electron chi connectivity index (χ0n) is 10.5. The maximum absolute atomic E-state index is 10.8. The van der Waals surface area contributed by atoms with Crippen molar-refractivity contribution in [3.05, 3.63) is 42.2 Å². The normalized spacial score (nSPS) is 10.7. The topological polar surface area (TPSA) is 72.3 Å². The van der Waals surface area contributed by atoms with E-state index in [1.165, 1.54) is 23.6 Å². The first-order valence-corrected chi connectivity index (χ1v) is 6.63. The van der Waals surface area contributed by atoms with Crippen LogP contribution in [-0.4, -0.2) is 28.2 Å². The number of ether oxygens (including phenoxy) is 1. The predicted octanol–water partition coefficient (Wildman–Crippen LogP) is 3.07. The number of pyridine rings is 1. The molecule has 0 aliphatic carbocycles. The Morgan fingerprint density at radius 1 is 1.30 bits per heavy atom. The lowest BCUT2D eigenvalue weighted by Gasteiger charge is -1.96. The minimum Gasteiger partial charge on any atom is -0.497 e. The van der Waals surface area contributed by atoms with E-state index in [0.717, 1.165) is 26.5 Å². The summed E-state index contributed by atoms with van der Waals surface area (Å²) in [6.07, 6.45) is 1.53. The Hall–Kier alpha value is -2.47. The highest BCUT2D eigenvalue weighted by molar-refractivity contribution is 7.21. The second-order valence-corrected chi connectivity index (χ2v) is 5.12. The van der Waals surface area contributed by atoms with Gasteiger partial charge in [0.25, 0.3) is 0 Å². The van der Waals surface area contributed by atoms with Gasteiger partial charge in [0.2, 0.25) is 0 Å². The van der Waals surface area contributed by atoms with Crippen LogP contribution in [0, 0.1) is 0 Å². The molecule has 2 aromatic heterocycles. The van der Waals surface area contributed by atoms with Crippen LogP contribution in [0.4, 0.5) is 0 Å². The van der Waals surface area contributed by atoms with Crippen LogP contribution in [0.1, 0.15) is 10.5 Å². The van der Waals surface area contributed by atoms with Crippen molar-refractivity contribution in [3.63, 3.8) is 0 Å². The monoisotopic (exact) mass is 286 g/mol. The molecule has 0 fully saturated rings. The highest BCUT2D eigenvalue weighted by Crippen LogP contribution is 2.31. The van der Waals surface area contributed by atoms with Gasteiger partial charge in [0.15, 0.2) is 0 Å². The number of aromatic carboxylic acids is 1. The number of nitrogens with zero attached hydrogens (tertiary/aromatic N) is 2. The number of carbonyl (C=O) groups is 1. The van der Waals surface area contributed by atoms with Crippen LogP contribution in [0.2, 0.25) is 0 Å². The van der Waals surface area contributed by atoms with E-state index in [1.54, 1.807) is 13.2 Å². The van der Waals surface area contributed by atoms with Crippen LogP contribution in [0.15, 0.2) is 36.5 Å². The molecule has 100 valence electrons. The van der Waals surface area contributed by atoms with Gasteiger partial charge in [-0.1, -0.05) is 0 Å². The molecule has 0 atom stereocenters. The van der Waals surface area contributed by atoms with Gasteiger partial charge < -0.3 is 9.84 Å². The first-order chi connectivity index (χ1) is 9.67. The van der Waals surface area contributed by atoms with Crippen LogP contribution in [0.25, 0.3) is 20.8 Å². The van der Waals surface area contributed by atoms with Gasteiger partial charge in [-0.2, -0.15) is 0 Å².